The number of piperazine rings is 2. The summed E-state index contributed by atoms with van der Waals surface area (Å²) < 4.78 is 0. The molecule has 4 heterocycles. The van der Waals surface area contributed by atoms with Crippen LogP contribution in [0.1, 0.15) is 61.7 Å². The number of carboxylic acids is 2. The summed E-state index contributed by atoms with van der Waals surface area (Å²) >= 11 is 23.9. The molecule has 2 saturated heterocycles. The van der Waals surface area contributed by atoms with Gasteiger partial charge in [0.05, 0.1) is 32.7 Å². The van der Waals surface area contributed by atoms with Crippen molar-refractivity contribution in [1.82, 2.24) is 19.8 Å². The zero-order chi connectivity index (χ0) is 43.5. The normalized spacial score (nSPS) is 16.5. The van der Waals surface area contributed by atoms with E-state index < -0.39 is 22.9 Å². The lowest BCUT2D eigenvalue weighted by Crippen LogP contribution is -2.51. The second-order valence-corrected chi connectivity index (χ2v) is 15.8. The number of nitrogens with two attached hydrogens (primary N) is 1. The zero-order valence-corrected chi connectivity index (χ0v) is 35.2. The van der Waals surface area contributed by atoms with Crippen molar-refractivity contribution in [3.05, 3.63) is 114 Å². The number of nitro groups is 1. The number of aliphatic carboxylic acids is 2. The highest BCUT2D eigenvalue weighted by Gasteiger charge is 2.35. The predicted octanol–water partition coefficient (Wildman–Crippen LogP) is 7.56. The molecule has 0 aliphatic carbocycles. The molecule has 0 saturated carbocycles. The third-order valence-corrected chi connectivity index (χ3v) is 10.9. The molecule has 2 amide bonds. The Morgan fingerprint density at radius 2 is 1.07 bits per heavy atom. The van der Waals surface area contributed by atoms with Gasteiger partial charge in [0, 0.05) is 93.5 Å². The smallest absolute Gasteiger partial charge is 0.313 e. The minimum Gasteiger partial charge on any atom is -0.481 e. The van der Waals surface area contributed by atoms with Crippen molar-refractivity contribution < 1.29 is 34.3 Å². The molecule has 2 aliphatic rings. The minimum absolute atomic E-state index is 0.0163. The van der Waals surface area contributed by atoms with Gasteiger partial charge in [-0.2, -0.15) is 0 Å². The van der Waals surface area contributed by atoms with Gasteiger partial charge in [-0.3, -0.25) is 29.3 Å². The summed E-state index contributed by atoms with van der Waals surface area (Å²) in [6.45, 7) is 2.40. The first kappa shape index (κ1) is 45.7. The van der Waals surface area contributed by atoms with E-state index in [2.05, 4.69) is 14.9 Å². The van der Waals surface area contributed by atoms with E-state index in [1.807, 2.05) is 12.1 Å². The summed E-state index contributed by atoms with van der Waals surface area (Å²) in [5.74, 6) is -1.26. The Kier molecular flexibility index (Phi) is 16.1. The Bertz CT molecular complexity index is 2180. The Hall–Kier alpha value is -5.42. The Balaban J connectivity index is 0.000000228. The number of aromatic nitrogens is 2. The zero-order valence-electron chi connectivity index (χ0n) is 32.1. The van der Waals surface area contributed by atoms with E-state index in [-0.39, 0.29) is 73.0 Å². The molecular weight excluding hydrogens is 862 g/mol. The average molecular weight is 905 g/mol. The number of pyridine rings is 2. The Labute approximate surface area is 365 Å². The predicted molar refractivity (Wildman–Crippen MR) is 229 cm³/mol. The van der Waals surface area contributed by atoms with Gasteiger partial charge >= 0.3 is 17.6 Å². The Morgan fingerprint density at radius 1 is 0.650 bits per heavy atom. The number of anilines is 3. The maximum atomic E-state index is 12.6. The number of nitrogens with zero attached hydrogens (tertiary/aromatic N) is 7. The number of halogens is 4. The van der Waals surface area contributed by atoms with Gasteiger partial charge in [-0.1, -0.05) is 70.7 Å². The summed E-state index contributed by atoms with van der Waals surface area (Å²) in [7, 11) is 0. The van der Waals surface area contributed by atoms with Crippen molar-refractivity contribution in [2.24, 2.45) is 0 Å². The fraction of sp³-hybridized carbons (Fsp3) is 0.350. The van der Waals surface area contributed by atoms with Crippen molar-refractivity contribution >= 4 is 93.2 Å². The molecule has 318 valence electrons. The monoisotopic (exact) mass is 902 g/mol. The van der Waals surface area contributed by atoms with Gasteiger partial charge in [0.2, 0.25) is 17.6 Å². The summed E-state index contributed by atoms with van der Waals surface area (Å²) in [4.78, 5) is 73.6. The van der Waals surface area contributed by atoms with E-state index in [4.69, 9.17) is 62.4 Å². The lowest BCUT2D eigenvalue weighted by Gasteiger charge is -2.42. The van der Waals surface area contributed by atoms with Crippen LogP contribution in [0.5, 0.6) is 0 Å². The molecular formula is C40H42Cl4N8O8. The molecule has 2 aliphatic heterocycles. The molecule has 2 atom stereocenters. The number of carbonyl (C=O) groups excluding carboxylic acids is 2. The van der Waals surface area contributed by atoms with Crippen LogP contribution >= 0.6 is 46.4 Å². The third-order valence-electron chi connectivity index (χ3n) is 9.95. The first-order valence-corrected chi connectivity index (χ1v) is 20.4. The van der Waals surface area contributed by atoms with E-state index in [9.17, 15) is 29.3 Å². The van der Waals surface area contributed by atoms with Gasteiger partial charge in [-0.05, 0) is 54.3 Å². The molecule has 4 N–H and O–H groups in total. The molecule has 0 spiro atoms. The van der Waals surface area contributed by atoms with Crippen molar-refractivity contribution in [2.75, 3.05) is 54.8 Å². The molecule has 60 heavy (non-hydrogen) atoms. The second kappa shape index (κ2) is 21.2. The highest BCUT2D eigenvalue weighted by molar-refractivity contribution is 6.31. The van der Waals surface area contributed by atoms with Crippen LogP contribution in [0.25, 0.3) is 0 Å². The summed E-state index contributed by atoms with van der Waals surface area (Å²) in [5, 5.41) is 31.0. The fourth-order valence-corrected chi connectivity index (χ4v) is 7.60. The van der Waals surface area contributed by atoms with Gasteiger partial charge in [0.15, 0.2) is 5.82 Å². The molecule has 16 nitrogen and oxygen atoms in total. The van der Waals surface area contributed by atoms with Gasteiger partial charge in [0.1, 0.15) is 0 Å². The summed E-state index contributed by atoms with van der Waals surface area (Å²) in [5.41, 5.74) is 8.21. The van der Waals surface area contributed by atoms with Crippen LogP contribution in [-0.2, 0) is 19.2 Å². The first-order valence-electron chi connectivity index (χ1n) is 18.9. The lowest BCUT2D eigenvalue weighted by atomic mass is 10.0. The maximum Gasteiger partial charge on any atom is 0.313 e. The molecule has 2 aromatic heterocycles. The fourth-order valence-electron chi connectivity index (χ4n) is 7.03. The number of benzene rings is 2. The minimum atomic E-state index is -0.946. The van der Waals surface area contributed by atoms with Crippen molar-refractivity contribution in [3.8, 4) is 0 Å². The number of carbonyl (C=O) groups is 4. The van der Waals surface area contributed by atoms with Crippen molar-refractivity contribution in [1.29, 1.82) is 0 Å². The van der Waals surface area contributed by atoms with Crippen LogP contribution in [0, 0.1) is 10.1 Å². The molecule has 20 heteroatoms. The largest absolute Gasteiger partial charge is 0.481 e. The average Bonchev–Trinajstić information content (AvgIpc) is 3.21. The molecule has 2 aromatic carbocycles. The standard InChI is InChI=1S/C20H20Cl2N4O5.C20H22Cl2N4O3/c21-14-6-4-13(5-7-14)17-12-24(18(27)2-1-3-19(28)29)8-9-25(17)20-16(26(30)31)10-15(22)11-23-20;21-14-6-4-13(5-7-14)17-12-25(18(27)2-1-3-19(28)29)8-9-26(17)20-16(23)10-15(22)11-24-20/h4-7,10-11,17H,1-3,8-9,12H2,(H,28,29);4-7,10-11,17H,1-3,8-9,12,23H2,(H,28,29). The van der Waals surface area contributed by atoms with Crippen LogP contribution in [0.15, 0.2) is 73.1 Å². The van der Waals surface area contributed by atoms with Crippen LogP contribution in [0.2, 0.25) is 20.1 Å². The van der Waals surface area contributed by atoms with Crippen LogP contribution in [0.4, 0.5) is 23.0 Å². The maximum absolute atomic E-state index is 12.6. The van der Waals surface area contributed by atoms with E-state index in [0.29, 0.717) is 65.7 Å². The molecule has 6 rings (SSSR count). The van der Waals surface area contributed by atoms with E-state index in [0.717, 1.165) is 11.1 Å². The molecule has 0 radical (unpaired) electrons. The number of carboxylic acid groups (broad SMARTS) is 2. The number of nitrogen functional groups attached to an aromatic ring is 1. The molecule has 4 aromatic rings. The van der Waals surface area contributed by atoms with Gasteiger partial charge < -0.3 is 35.5 Å². The highest BCUT2D eigenvalue weighted by atomic mass is 35.5. The third kappa shape index (κ3) is 12.3. The van der Waals surface area contributed by atoms with Gasteiger partial charge in [0.25, 0.3) is 0 Å². The van der Waals surface area contributed by atoms with Crippen molar-refractivity contribution in [2.45, 2.75) is 50.6 Å². The number of hydrogen-bond acceptors (Lipinski definition) is 11. The Morgan fingerprint density at radius 3 is 1.48 bits per heavy atom. The van der Waals surface area contributed by atoms with Crippen molar-refractivity contribution in [3.63, 3.8) is 0 Å². The van der Waals surface area contributed by atoms with Gasteiger partial charge in [-0.15, -0.1) is 0 Å². The number of hydrogen-bond donors (Lipinski definition) is 3. The van der Waals surface area contributed by atoms with E-state index >= 15 is 0 Å². The van der Waals surface area contributed by atoms with Crippen LogP contribution in [0.3, 0.4) is 0 Å². The van der Waals surface area contributed by atoms with E-state index in [1.165, 1.54) is 12.3 Å². The highest BCUT2D eigenvalue weighted by Crippen LogP contribution is 2.37. The molecule has 2 unspecified atom stereocenters. The van der Waals surface area contributed by atoms with Gasteiger partial charge in [-0.25, -0.2) is 9.97 Å². The second-order valence-electron chi connectivity index (χ2n) is 14.0. The SMILES string of the molecule is Nc1cc(Cl)cnc1N1CCN(C(=O)CCCC(=O)O)CC1c1ccc(Cl)cc1.O=C(O)CCCC(=O)N1CCN(c2ncc(Cl)cc2[N+](=O)[O-])C(c2ccc(Cl)cc2)C1. The first-order chi connectivity index (χ1) is 28.6. The van der Waals surface area contributed by atoms with E-state index in [1.54, 1.807) is 63.4 Å². The lowest BCUT2D eigenvalue weighted by molar-refractivity contribution is -0.384. The summed E-state index contributed by atoms with van der Waals surface area (Å²) in [6, 6.07) is 16.8. The quantitative estimate of drug-likeness (QED) is 0.0873. The van der Waals surface area contributed by atoms with Crippen LogP contribution in [-0.4, -0.2) is 97.9 Å². The number of rotatable bonds is 13. The molecule has 0 bridgehead atoms. The molecule has 2 fully saturated rings. The summed E-state index contributed by atoms with van der Waals surface area (Å²) in [6.07, 6.45) is 3.72. The topological polar surface area (TPSA) is 217 Å². The number of amides is 2. The van der Waals surface area contributed by atoms with Crippen LogP contribution < -0.4 is 15.5 Å².